The number of nitrogens with zero attached hydrogens (tertiary/aromatic N) is 2. The maximum absolute atomic E-state index is 12.2. The number of hydrogen-bond donors (Lipinski definition) is 1. The van der Waals surface area contributed by atoms with Crippen LogP contribution in [0.1, 0.15) is 39.2 Å². The molecule has 23 heavy (non-hydrogen) atoms. The van der Waals surface area contributed by atoms with Crippen LogP contribution < -0.4 is 5.32 Å². The molecule has 3 amide bonds. The first kappa shape index (κ1) is 14.9. The molecule has 1 unspecified atom stereocenters. The molecule has 1 aromatic carbocycles. The lowest BCUT2D eigenvalue weighted by molar-refractivity contribution is -0.122. The first-order valence-corrected chi connectivity index (χ1v) is 7.22. The van der Waals surface area contributed by atoms with Gasteiger partial charge < -0.3 is 5.32 Å². The van der Waals surface area contributed by atoms with E-state index in [4.69, 9.17) is 0 Å². The molecule has 1 aliphatic heterocycles. The van der Waals surface area contributed by atoms with E-state index in [1.807, 2.05) is 13.0 Å². The standard InChI is InChI=1S/C17H15N3O3/c1-11(12-5-4-8-18-9-12)19-15(21)10-20-16(22)13-6-2-3-7-14(13)17(20)23/h2-9,11H,10H2,1H3,(H,19,21). The summed E-state index contributed by atoms with van der Waals surface area (Å²) in [5.74, 6) is -1.26. The van der Waals surface area contributed by atoms with Crippen molar-refractivity contribution in [3.63, 3.8) is 0 Å². The van der Waals surface area contributed by atoms with E-state index in [1.165, 1.54) is 0 Å². The fraction of sp³-hybridized carbons (Fsp3) is 0.176. The molecule has 2 aromatic rings. The van der Waals surface area contributed by atoms with Crippen LogP contribution in [0.25, 0.3) is 0 Å². The van der Waals surface area contributed by atoms with Gasteiger partial charge in [0.25, 0.3) is 11.8 Å². The highest BCUT2D eigenvalue weighted by Crippen LogP contribution is 2.22. The predicted octanol–water partition coefficient (Wildman–Crippen LogP) is 1.55. The average molecular weight is 309 g/mol. The monoisotopic (exact) mass is 309 g/mol. The molecule has 0 radical (unpaired) electrons. The quantitative estimate of drug-likeness (QED) is 0.869. The molecule has 6 nitrogen and oxygen atoms in total. The molecular weight excluding hydrogens is 294 g/mol. The van der Waals surface area contributed by atoms with Gasteiger partial charge in [0.15, 0.2) is 0 Å². The summed E-state index contributed by atoms with van der Waals surface area (Å²) >= 11 is 0. The third-order valence-electron chi connectivity index (χ3n) is 3.74. The topological polar surface area (TPSA) is 79.4 Å². The van der Waals surface area contributed by atoms with E-state index in [0.717, 1.165) is 10.5 Å². The Kier molecular flexibility index (Phi) is 3.89. The SMILES string of the molecule is CC(NC(=O)CN1C(=O)c2ccccc2C1=O)c1cccnc1. The van der Waals surface area contributed by atoms with Gasteiger partial charge in [-0.2, -0.15) is 0 Å². The number of rotatable bonds is 4. The third-order valence-corrected chi connectivity index (χ3v) is 3.74. The lowest BCUT2D eigenvalue weighted by Gasteiger charge is -2.17. The number of carbonyl (C=O) groups excluding carboxylic acids is 3. The highest BCUT2D eigenvalue weighted by molar-refractivity contribution is 6.22. The van der Waals surface area contributed by atoms with Crippen molar-refractivity contribution in [2.75, 3.05) is 6.54 Å². The lowest BCUT2D eigenvalue weighted by atomic mass is 10.1. The number of nitrogens with one attached hydrogen (secondary N) is 1. The average Bonchev–Trinajstić information content (AvgIpc) is 2.81. The zero-order valence-electron chi connectivity index (χ0n) is 12.5. The molecule has 1 aliphatic rings. The van der Waals surface area contributed by atoms with Gasteiger partial charge >= 0.3 is 0 Å². The summed E-state index contributed by atoms with van der Waals surface area (Å²) in [6.07, 6.45) is 3.31. The fourth-order valence-electron chi connectivity index (χ4n) is 2.53. The van der Waals surface area contributed by atoms with Gasteiger partial charge in [-0.3, -0.25) is 24.3 Å². The molecule has 0 spiro atoms. The van der Waals surface area contributed by atoms with Crippen LogP contribution >= 0.6 is 0 Å². The molecule has 0 fully saturated rings. The van der Waals surface area contributed by atoms with Crippen molar-refractivity contribution in [1.82, 2.24) is 15.2 Å². The largest absolute Gasteiger partial charge is 0.348 e. The van der Waals surface area contributed by atoms with Gasteiger partial charge in [0.05, 0.1) is 17.2 Å². The Hall–Kier alpha value is -3.02. The van der Waals surface area contributed by atoms with Crippen molar-refractivity contribution in [3.8, 4) is 0 Å². The van der Waals surface area contributed by atoms with Gasteiger partial charge in [0.2, 0.25) is 5.91 Å². The zero-order valence-corrected chi connectivity index (χ0v) is 12.5. The minimum atomic E-state index is -0.435. The minimum Gasteiger partial charge on any atom is -0.348 e. The molecule has 1 aromatic heterocycles. The first-order valence-electron chi connectivity index (χ1n) is 7.22. The summed E-state index contributed by atoms with van der Waals surface area (Å²) in [7, 11) is 0. The molecule has 0 saturated carbocycles. The molecule has 0 bridgehead atoms. The Bertz CT molecular complexity index is 739. The smallest absolute Gasteiger partial charge is 0.262 e. The number of carbonyl (C=O) groups is 3. The van der Waals surface area contributed by atoms with Crippen molar-refractivity contribution >= 4 is 17.7 Å². The number of imide groups is 1. The van der Waals surface area contributed by atoms with Crippen molar-refractivity contribution in [2.24, 2.45) is 0 Å². The second kappa shape index (κ2) is 6.00. The van der Waals surface area contributed by atoms with E-state index in [1.54, 1.807) is 42.7 Å². The van der Waals surface area contributed by atoms with Crippen molar-refractivity contribution in [2.45, 2.75) is 13.0 Å². The van der Waals surface area contributed by atoms with Gasteiger partial charge in [0.1, 0.15) is 6.54 Å². The number of pyridine rings is 1. The van der Waals surface area contributed by atoms with Gasteiger partial charge in [-0.25, -0.2) is 0 Å². The predicted molar refractivity (Wildman–Crippen MR) is 82.6 cm³/mol. The Morgan fingerprint density at radius 3 is 2.35 bits per heavy atom. The van der Waals surface area contributed by atoms with Crippen molar-refractivity contribution < 1.29 is 14.4 Å². The molecule has 116 valence electrons. The molecule has 3 rings (SSSR count). The summed E-state index contributed by atoms with van der Waals surface area (Å²) < 4.78 is 0. The minimum absolute atomic E-state index is 0.258. The molecule has 1 N–H and O–H groups in total. The highest BCUT2D eigenvalue weighted by atomic mass is 16.2. The Labute approximate surface area is 133 Å². The maximum Gasteiger partial charge on any atom is 0.262 e. The second-order valence-electron chi connectivity index (χ2n) is 5.32. The van der Waals surface area contributed by atoms with Crippen LogP contribution in [-0.4, -0.2) is 34.2 Å². The lowest BCUT2D eigenvalue weighted by Crippen LogP contribution is -2.41. The molecule has 2 heterocycles. The van der Waals surface area contributed by atoms with Crippen LogP contribution in [0.4, 0.5) is 0 Å². The normalized spacial score (nSPS) is 14.6. The summed E-state index contributed by atoms with van der Waals surface area (Å²) in [4.78, 5) is 41.5. The summed E-state index contributed by atoms with van der Waals surface area (Å²) in [5, 5.41) is 2.77. The van der Waals surface area contributed by atoms with Crippen molar-refractivity contribution in [3.05, 3.63) is 65.5 Å². The Morgan fingerprint density at radius 1 is 1.13 bits per heavy atom. The second-order valence-corrected chi connectivity index (χ2v) is 5.32. The van der Waals surface area contributed by atoms with Crippen LogP contribution in [0.2, 0.25) is 0 Å². The van der Waals surface area contributed by atoms with Gasteiger partial charge in [-0.1, -0.05) is 18.2 Å². The van der Waals surface area contributed by atoms with Crippen LogP contribution in [0.5, 0.6) is 0 Å². The van der Waals surface area contributed by atoms with E-state index < -0.39 is 17.7 Å². The zero-order chi connectivity index (χ0) is 16.4. The number of benzene rings is 1. The molecule has 0 saturated heterocycles. The van der Waals surface area contributed by atoms with Crippen LogP contribution in [-0.2, 0) is 4.79 Å². The maximum atomic E-state index is 12.2. The first-order chi connectivity index (χ1) is 11.1. The number of amides is 3. The van der Waals surface area contributed by atoms with Gasteiger partial charge in [-0.15, -0.1) is 0 Å². The molecule has 0 aliphatic carbocycles. The highest BCUT2D eigenvalue weighted by Gasteiger charge is 2.36. The van der Waals surface area contributed by atoms with E-state index in [9.17, 15) is 14.4 Å². The third kappa shape index (κ3) is 2.83. The number of fused-ring (bicyclic) bond motifs is 1. The van der Waals surface area contributed by atoms with Crippen LogP contribution in [0.15, 0.2) is 48.8 Å². The Morgan fingerprint density at radius 2 is 1.78 bits per heavy atom. The van der Waals surface area contributed by atoms with Crippen LogP contribution in [0, 0.1) is 0 Å². The summed E-state index contributed by atoms with van der Waals surface area (Å²) in [6, 6.07) is 9.93. The van der Waals surface area contributed by atoms with E-state index in [2.05, 4.69) is 10.3 Å². The Balaban J connectivity index is 1.68. The van der Waals surface area contributed by atoms with Crippen LogP contribution in [0.3, 0.4) is 0 Å². The van der Waals surface area contributed by atoms with Gasteiger partial charge in [-0.05, 0) is 30.7 Å². The number of hydrogen-bond acceptors (Lipinski definition) is 4. The summed E-state index contributed by atoms with van der Waals surface area (Å²) in [6.45, 7) is 1.52. The number of aromatic nitrogens is 1. The molecular formula is C17H15N3O3. The van der Waals surface area contributed by atoms with E-state index >= 15 is 0 Å². The summed E-state index contributed by atoms with van der Waals surface area (Å²) in [5.41, 5.74) is 1.53. The van der Waals surface area contributed by atoms with E-state index in [0.29, 0.717) is 11.1 Å². The molecule has 6 heteroatoms. The van der Waals surface area contributed by atoms with E-state index in [-0.39, 0.29) is 12.6 Å². The molecule has 1 atom stereocenters. The van der Waals surface area contributed by atoms with Crippen molar-refractivity contribution in [1.29, 1.82) is 0 Å². The van der Waals surface area contributed by atoms with Gasteiger partial charge in [0, 0.05) is 12.4 Å². The fourth-order valence-corrected chi connectivity index (χ4v) is 2.53.